The number of rotatable bonds is 3. The van der Waals surface area contributed by atoms with Crippen LogP contribution in [0.1, 0.15) is 36.2 Å². The van der Waals surface area contributed by atoms with Gasteiger partial charge in [-0.05, 0) is 56.8 Å². The molecule has 0 atom stereocenters. The number of amides is 1. The highest BCUT2D eigenvalue weighted by molar-refractivity contribution is 5.92. The molecule has 0 spiro atoms. The Morgan fingerprint density at radius 3 is 2.50 bits per heavy atom. The molecule has 22 heavy (non-hydrogen) atoms. The lowest BCUT2D eigenvalue weighted by atomic mass is 9.96. The van der Waals surface area contributed by atoms with E-state index in [1.54, 1.807) is 18.2 Å². The molecule has 5 nitrogen and oxygen atoms in total. The zero-order chi connectivity index (χ0) is 14.7. The van der Waals surface area contributed by atoms with Crippen molar-refractivity contribution in [3.63, 3.8) is 0 Å². The summed E-state index contributed by atoms with van der Waals surface area (Å²) in [4.78, 5) is 21.0. The second-order valence-electron chi connectivity index (χ2n) is 6.19. The van der Waals surface area contributed by atoms with Gasteiger partial charge in [0.05, 0.1) is 0 Å². The maximum atomic E-state index is 12.4. The molecule has 3 heterocycles. The number of pyridine rings is 1. The first-order valence-electron chi connectivity index (χ1n) is 7.96. The van der Waals surface area contributed by atoms with Crippen molar-refractivity contribution in [3.8, 4) is 0 Å². The lowest BCUT2D eigenvalue weighted by Gasteiger charge is -2.33. The summed E-state index contributed by atoms with van der Waals surface area (Å²) in [5.74, 6) is 1.16. The maximum absolute atomic E-state index is 12.4. The normalized spacial score (nSPS) is 19.9. The molecule has 2 N–H and O–H groups in total. The topological polar surface area (TPSA) is 62.5 Å². The van der Waals surface area contributed by atoms with E-state index in [9.17, 15) is 4.79 Å². The summed E-state index contributed by atoms with van der Waals surface area (Å²) in [5.41, 5.74) is 6.12. The lowest BCUT2D eigenvalue weighted by molar-refractivity contribution is 0.0667. The van der Waals surface area contributed by atoms with Crippen LogP contribution in [0.25, 0.3) is 0 Å². The molecule has 0 radical (unpaired) electrons. The van der Waals surface area contributed by atoms with E-state index in [0.29, 0.717) is 11.5 Å². The number of nitrogens with two attached hydrogens (primary N) is 1. The first-order chi connectivity index (χ1) is 10.2. The van der Waals surface area contributed by atoms with Crippen LogP contribution < -0.4 is 5.73 Å². The molecular weight excluding hydrogens is 300 g/mol. The molecule has 0 saturated carbocycles. The molecule has 2 fully saturated rings. The molecule has 1 aromatic heterocycles. The number of aromatic nitrogens is 1. The largest absolute Gasteiger partial charge is 0.384 e. The minimum absolute atomic E-state index is 0. The van der Waals surface area contributed by atoms with Crippen molar-refractivity contribution in [3.05, 3.63) is 23.9 Å². The molecule has 0 bridgehead atoms. The van der Waals surface area contributed by atoms with E-state index in [2.05, 4.69) is 9.88 Å². The van der Waals surface area contributed by atoms with Crippen LogP contribution in [0, 0.1) is 5.92 Å². The minimum Gasteiger partial charge on any atom is -0.384 e. The summed E-state index contributed by atoms with van der Waals surface area (Å²) in [7, 11) is 0. The minimum atomic E-state index is 0. The Morgan fingerprint density at radius 1 is 1.18 bits per heavy atom. The number of carbonyl (C=O) groups is 1. The fourth-order valence-electron chi connectivity index (χ4n) is 3.38. The van der Waals surface area contributed by atoms with E-state index in [-0.39, 0.29) is 18.3 Å². The maximum Gasteiger partial charge on any atom is 0.272 e. The van der Waals surface area contributed by atoms with E-state index in [1.807, 2.05) is 4.90 Å². The fraction of sp³-hybridized carbons (Fsp3) is 0.625. The first-order valence-corrected chi connectivity index (χ1v) is 7.96. The molecule has 0 aromatic carbocycles. The standard InChI is InChI=1S/C16H24N4O.ClH/c17-15-5-3-4-14(18-15)16(21)20-10-6-13(7-11-20)12-19-8-1-2-9-19;/h3-5,13H,1-2,6-12H2,(H2,17,18);1H. The van der Waals surface area contributed by atoms with Crippen LogP contribution >= 0.6 is 12.4 Å². The fourth-order valence-corrected chi connectivity index (χ4v) is 3.38. The molecule has 6 heteroatoms. The molecule has 2 aliphatic rings. The Hall–Kier alpha value is -1.33. The number of nitrogens with zero attached hydrogens (tertiary/aromatic N) is 3. The van der Waals surface area contributed by atoms with Gasteiger partial charge in [0.2, 0.25) is 0 Å². The third-order valence-electron chi connectivity index (χ3n) is 4.61. The Morgan fingerprint density at radius 2 is 1.86 bits per heavy atom. The summed E-state index contributed by atoms with van der Waals surface area (Å²) in [6.45, 7) is 5.40. The molecule has 2 saturated heterocycles. The molecule has 1 aromatic rings. The van der Waals surface area contributed by atoms with Gasteiger partial charge in [-0.3, -0.25) is 4.79 Å². The number of hydrogen-bond donors (Lipinski definition) is 1. The number of halogens is 1. The summed E-state index contributed by atoms with van der Waals surface area (Å²) >= 11 is 0. The Balaban J connectivity index is 0.00000176. The molecular formula is C16H25ClN4O. The van der Waals surface area contributed by atoms with Crippen molar-refractivity contribution in [1.29, 1.82) is 0 Å². The van der Waals surface area contributed by atoms with Crippen molar-refractivity contribution in [2.75, 3.05) is 38.5 Å². The van der Waals surface area contributed by atoms with Gasteiger partial charge in [-0.1, -0.05) is 6.07 Å². The van der Waals surface area contributed by atoms with Crippen LogP contribution in [0.4, 0.5) is 5.82 Å². The highest BCUT2D eigenvalue weighted by atomic mass is 35.5. The van der Waals surface area contributed by atoms with Gasteiger partial charge in [0.25, 0.3) is 5.91 Å². The zero-order valence-electron chi connectivity index (χ0n) is 12.9. The van der Waals surface area contributed by atoms with Gasteiger partial charge in [-0.25, -0.2) is 4.98 Å². The quantitative estimate of drug-likeness (QED) is 0.924. The number of anilines is 1. The van der Waals surface area contributed by atoms with Gasteiger partial charge in [0.15, 0.2) is 0 Å². The highest BCUT2D eigenvalue weighted by Gasteiger charge is 2.26. The summed E-state index contributed by atoms with van der Waals surface area (Å²) < 4.78 is 0. The van der Waals surface area contributed by atoms with Crippen molar-refractivity contribution in [1.82, 2.24) is 14.8 Å². The van der Waals surface area contributed by atoms with E-state index < -0.39 is 0 Å². The van der Waals surface area contributed by atoms with Gasteiger partial charge in [-0.2, -0.15) is 0 Å². The molecule has 0 aliphatic carbocycles. The summed E-state index contributed by atoms with van der Waals surface area (Å²) in [6, 6.07) is 5.24. The van der Waals surface area contributed by atoms with E-state index in [0.717, 1.165) is 31.8 Å². The van der Waals surface area contributed by atoms with E-state index in [4.69, 9.17) is 5.73 Å². The van der Waals surface area contributed by atoms with Crippen molar-refractivity contribution >= 4 is 24.1 Å². The molecule has 2 aliphatic heterocycles. The van der Waals surface area contributed by atoms with Crippen molar-refractivity contribution in [2.45, 2.75) is 25.7 Å². The van der Waals surface area contributed by atoms with E-state index in [1.165, 1.54) is 32.5 Å². The number of likely N-dealkylation sites (tertiary alicyclic amines) is 2. The van der Waals surface area contributed by atoms with Crippen LogP contribution in [0.3, 0.4) is 0 Å². The molecule has 3 rings (SSSR count). The summed E-state index contributed by atoms with van der Waals surface area (Å²) in [6.07, 6.45) is 4.89. The smallest absolute Gasteiger partial charge is 0.272 e. The highest BCUT2D eigenvalue weighted by Crippen LogP contribution is 2.21. The van der Waals surface area contributed by atoms with Crippen molar-refractivity contribution in [2.24, 2.45) is 5.92 Å². The monoisotopic (exact) mass is 324 g/mol. The van der Waals surface area contributed by atoms with Crippen LogP contribution in [0.15, 0.2) is 18.2 Å². The first kappa shape index (κ1) is 17.0. The van der Waals surface area contributed by atoms with Gasteiger partial charge < -0.3 is 15.5 Å². The lowest BCUT2D eigenvalue weighted by Crippen LogP contribution is -2.41. The third-order valence-corrected chi connectivity index (χ3v) is 4.61. The Bertz CT molecular complexity index is 497. The average Bonchev–Trinajstić information content (AvgIpc) is 3.00. The number of carbonyl (C=O) groups excluding carboxylic acids is 1. The molecule has 0 unspecified atom stereocenters. The second-order valence-corrected chi connectivity index (χ2v) is 6.19. The summed E-state index contributed by atoms with van der Waals surface area (Å²) in [5, 5.41) is 0. The van der Waals surface area contributed by atoms with Crippen LogP contribution in [-0.4, -0.2) is 53.4 Å². The Kier molecular flexibility index (Phi) is 6.03. The second kappa shape index (κ2) is 7.79. The van der Waals surface area contributed by atoms with Crippen LogP contribution in [0.2, 0.25) is 0 Å². The predicted octanol–water partition coefficient (Wildman–Crippen LogP) is 2.03. The number of piperidine rings is 1. The Labute approximate surface area is 138 Å². The molecule has 122 valence electrons. The van der Waals surface area contributed by atoms with Gasteiger partial charge in [0.1, 0.15) is 11.5 Å². The molecule has 1 amide bonds. The van der Waals surface area contributed by atoms with Gasteiger partial charge in [-0.15, -0.1) is 12.4 Å². The zero-order valence-corrected chi connectivity index (χ0v) is 13.7. The van der Waals surface area contributed by atoms with Crippen molar-refractivity contribution < 1.29 is 4.79 Å². The SMILES string of the molecule is Cl.Nc1cccc(C(=O)N2CCC(CN3CCCC3)CC2)n1. The van der Waals surface area contributed by atoms with E-state index >= 15 is 0 Å². The van der Waals surface area contributed by atoms with Gasteiger partial charge in [0, 0.05) is 19.6 Å². The number of hydrogen-bond acceptors (Lipinski definition) is 4. The van der Waals surface area contributed by atoms with Crippen LogP contribution in [0.5, 0.6) is 0 Å². The number of nitrogen functional groups attached to an aromatic ring is 1. The predicted molar refractivity (Wildman–Crippen MR) is 90.2 cm³/mol. The van der Waals surface area contributed by atoms with Crippen LogP contribution in [-0.2, 0) is 0 Å². The average molecular weight is 325 g/mol. The van der Waals surface area contributed by atoms with Gasteiger partial charge >= 0.3 is 0 Å². The third kappa shape index (κ3) is 4.11.